The number of carbonyl (C=O) groups is 1. The second kappa shape index (κ2) is 7.03. The molecule has 0 radical (unpaired) electrons. The fourth-order valence-electron chi connectivity index (χ4n) is 1.70. The number of aromatic nitrogens is 4. The van der Waals surface area contributed by atoms with Gasteiger partial charge in [-0.05, 0) is 42.0 Å². The Morgan fingerprint density at radius 3 is 3.10 bits per heavy atom. The lowest BCUT2D eigenvalue weighted by atomic mass is 10.2. The van der Waals surface area contributed by atoms with Crippen molar-refractivity contribution in [2.45, 2.75) is 24.3 Å². The molecule has 0 saturated carbocycles. The van der Waals surface area contributed by atoms with Crippen LogP contribution in [0.5, 0.6) is 0 Å². The molecular formula is C14H17N5OS. The van der Waals surface area contributed by atoms with Gasteiger partial charge in [0.25, 0.3) is 0 Å². The summed E-state index contributed by atoms with van der Waals surface area (Å²) in [5.74, 6) is -0.0707. The highest BCUT2D eigenvalue weighted by atomic mass is 32.2. The van der Waals surface area contributed by atoms with Crippen LogP contribution in [0.2, 0.25) is 0 Å². The van der Waals surface area contributed by atoms with Gasteiger partial charge in [-0.1, -0.05) is 30.0 Å². The van der Waals surface area contributed by atoms with Crippen LogP contribution in [0.3, 0.4) is 0 Å². The summed E-state index contributed by atoms with van der Waals surface area (Å²) in [4.78, 5) is 11.9. The number of amides is 1. The smallest absolute Gasteiger partial charge is 0.233 e. The number of rotatable bonds is 6. The Morgan fingerprint density at radius 2 is 2.38 bits per heavy atom. The van der Waals surface area contributed by atoms with Crippen LogP contribution in [-0.4, -0.2) is 37.9 Å². The average molecular weight is 303 g/mol. The third kappa shape index (κ3) is 3.91. The molecule has 0 aliphatic heterocycles. The van der Waals surface area contributed by atoms with E-state index < -0.39 is 0 Å². The van der Waals surface area contributed by atoms with Crippen molar-refractivity contribution in [3.05, 3.63) is 42.5 Å². The molecule has 1 aromatic heterocycles. The van der Waals surface area contributed by atoms with E-state index >= 15 is 0 Å². The number of hydrogen-bond acceptors (Lipinski definition) is 5. The maximum Gasteiger partial charge on any atom is 0.233 e. The molecule has 1 N–H and O–H groups in total. The van der Waals surface area contributed by atoms with Crippen LogP contribution < -0.4 is 5.32 Å². The molecular weight excluding hydrogens is 286 g/mol. The zero-order valence-electron chi connectivity index (χ0n) is 12.0. The van der Waals surface area contributed by atoms with Gasteiger partial charge >= 0.3 is 0 Å². The topological polar surface area (TPSA) is 72.7 Å². The molecule has 0 bridgehead atoms. The average Bonchev–Trinajstić information content (AvgIpc) is 2.92. The largest absolute Gasteiger partial charge is 0.352 e. The monoisotopic (exact) mass is 303 g/mol. The Labute approximate surface area is 127 Å². The third-order valence-corrected chi connectivity index (χ3v) is 3.79. The van der Waals surface area contributed by atoms with E-state index in [-0.39, 0.29) is 11.2 Å². The number of tetrazole rings is 1. The molecule has 2 rings (SSSR count). The summed E-state index contributed by atoms with van der Waals surface area (Å²) in [6.45, 7) is 7.85. The van der Waals surface area contributed by atoms with Crippen molar-refractivity contribution < 1.29 is 4.79 Å². The summed E-state index contributed by atoms with van der Waals surface area (Å²) >= 11 is 1.32. The summed E-state index contributed by atoms with van der Waals surface area (Å²) in [6, 6.07) is 7.87. The number of benzene rings is 1. The number of hydrogen-bond donors (Lipinski definition) is 1. The Balaban J connectivity index is 2.14. The predicted molar refractivity (Wildman–Crippen MR) is 82.4 cm³/mol. The number of nitrogens with zero attached hydrogens (tertiary/aromatic N) is 4. The van der Waals surface area contributed by atoms with E-state index in [4.69, 9.17) is 0 Å². The maximum absolute atomic E-state index is 11.9. The van der Waals surface area contributed by atoms with Gasteiger partial charge < -0.3 is 5.32 Å². The molecule has 7 heteroatoms. The highest BCUT2D eigenvalue weighted by molar-refractivity contribution is 8.00. The van der Waals surface area contributed by atoms with Crippen molar-refractivity contribution in [2.24, 2.45) is 0 Å². The van der Waals surface area contributed by atoms with E-state index in [1.807, 2.05) is 38.1 Å². The van der Waals surface area contributed by atoms with Crippen LogP contribution in [0, 0.1) is 6.92 Å². The minimum Gasteiger partial charge on any atom is -0.352 e. The number of aryl methyl sites for hydroxylation is 1. The van der Waals surface area contributed by atoms with E-state index in [1.54, 1.807) is 10.8 Å². The molecule has 110 valence electrons. The summed E-state index contributed by atoms with van der Waals surface area (Å²) in [7, 11) is 0. The molecule has 2 aromatic rings. The maximum atomic E-state index is 11.9. The first kappa shape index (κ1) is 15.2. The zero-order valence-corrected chi connectivity index (χ0v) is 12.8. The summed E-state index contributed by atoms with van der Waals surface area (Å²) in [5.41, 5.74) is 2.00. The van der Waals surface area contributed by atoms with E-state index in [0.717, 1.165) is 11.3 Å². The fourth-order valence-corrected chi connectivity index (χ4v) is 2.53. The van der Waals surface area contributed by atoms with Crippen molar-refractivity contribution in [3.8, 4) is 5.69 Å². The van der Waals surface area contributed by atoms with Crippen LogP contribution in [0.1, 0.15) is 12.5 Å². The van der Waals surface area contributed by atoms with Crippen molar-refractivity contribution in [3.63, 3.8) is 0 Å². The van der Waals surface area contributed by atoms with Crippen LogP contribution in [0.25, 0.3) is 5.69 Å². The van der Waals surface area contributed by atoms with Crippen LogP contribution in [0.15, 0.2) is 42.1 Å². The SMILES string of the molecule is C=CCNC(=O)[C@H](C)Sc1nnnn1-c1cccc(C)c1. The van der Waals surface area contributed by atoms with Gasteiger partial charge in [-0.25, -0.2) is 0 Å². The van der Waals surface area contributed by atoms with Gasteiger partial charge in [0.1, 0.15) is 0 Å². The molecule has 0 unspecified atom stereocenters. The van der Waals surface area contributed by atoms with Crippen molar-refractivity contribution >= 4 is 17.7 Å². The van der Waals surface area contributed by atoms with Crippen LogP contribution in [-0.2, 0) is 4.79 Å². The number of thioether (sulfide) groups is 1. The molecule has 1 amide bonds. The highest BCUT2D eigenvalue weighted by Crippen LogP contribution is 2.23. The first-order chi connectivity index (χ1) is 10.1. The van der Waals surface area contributed by atoms with Gasteiger partial charge in [0.15, 0.2) is 0 Å². The zero-order chi connectivity index (χ0) is 15.2. The number of nitrogens with one attached hydrogen (secondary N) is 1. The van der Waals surface area contributed by atoms with Crippen LogP contribution >= 0.6 is 11.8 Å². The lowest BCUT2D eigenvalue weighted by molar-refractivity contribution is -0.120. The van der Waals surface area contributed by atoms with Gasteiger partial charge in [-0.3, -0.25) is 4.79 Å². The molecule has 21 heavy (non-hydrogen) atoms. The normalized spacial score (nSPS) is 11.9. The van der Waals surface area contributed by atoms with Gasteiger partial charge in [0.05, 0.1) is 10.9 Å². The Hall–Kier alpha value is -2.15. The molecule has 1 aromatic carbocycles. The lowest BCUT2D eigenvalue weighted by Crippen LogP contribution is -2.31. The number of carbonyl (C=O) groups excluding carboxylic acids is 1. The molecule has 0 aliphatic carbocycles. The third-order valence-electron chi connectivity index (χ3n) is 2.76. The molecule has 1 atom stereocenters. The predicted octanol–water partition coefficient (Wildman–Crippen LogP) is 1.75. The minimum absolute atomic E-state index is 0.0707. The lowest BCUT2D eigenvalue weighted by Gasteiger charge is -2.10. The first-order valence-corrected chi connectivity index (χ1v) is 7.40. The molecule has 6 nitrogen and oxygen atoms in total. The van der Waals surface area contributed by atoms with Gasteiger partial charge in [0.2, 0.25) is 11.1 Å². The van der Waals surface area contributed by atoms with Gasteiger partial charge in [0, 0.05) is 6.54 Å². The fraction of sp³-hybridized carbons (Fsp3) is 0.286. The standard InChI is InChI=1S/C14H17N5OS/c1-4-8-15-13(20)11(3)21-14-16-17-18-19(14)12-7-5-6-10(2)9-12/h4-7,9,11H,1,8H2,2-3H3,(H,15,20)/t11-/m0/s1. The van der Waals surface area contributed by atoms with E-state index in [0.29, 0.717) is 11.7 Å². The highest BCUT2D eigenvalue weighted by Gasteiger charge is 2.18. The molecule has 0 spiro atoms. The van der Waals surface area contributed by atoms with E-state index in [2.05, 4.69) is 27.4 Å². The molecule has 0 aliphatic rings. The second-order valence-corrected chi connectivity index (χ2v) is 5.81. The Morgan fingerprint density at radius 1 is 1.57 bits per heavy atom. The first-order valence-electron chi connectivity index (χ1n) is 6.52. The van der Waals surface area contributed by atoms with Gasteiger partial charge in [-0.2, -0.15) is 4.68 Å². The Kier molecular flexibility index (Phi) is 5.10. The molecule has 0 saturated heterocycles. The molecule has 1 heterocycles. The quantitative estimate of drug-likeness (QED) is 0.650. The van der Waals surface area contributed by atoms with E-state index in [9.17, 15) is 4.79 Å². The van der Waals surface area contributed by atoms with E-state index in [1.165, 1.54) is 11.8 Å². The summed E-state index contributed by atoms with van der Waals surface area (Å²) in [6.07, 6.45) is 1.64. The van der Waals surface area contributed by atoms with Crippen molar-refractivity contribution in [2.75, 3.05) is 6.54 Å². The van der Waals surface area contributed by atoms with Crippen molar-refractivity contribution in [1.82, 2.24) is 25.5 Å². The summed E-state index contributed by atoms with van der Waals surface area (Å²) < 4.78 is 1.63. The molecule has 0 fully saturated rings. The minimum atomic E-state index is -0.292. The second-order valence-electron chi connectivity index (χ2n) is 4.51. The van der Waals surface area contributed by atoms with Crippen molar-refractivity contribution in [1.29, 1.82) is 0 Å². The Bertz CT molecular complexity index is 640. The van der Waals surface area contributed by atoms with Crippen LogP contribution in [0.4, 0.5) is 0 Å². The van der Waals surface area contributed by atoms with Gasteiger partial charge in [-0.15, -0.1) is 11.7 Å². The summed E-state index contributed by atoms with van der Waals surface area (Å²) in [5, 5.41) is 14.7.